The Labute approximate surface area is 144 Å². The van der Waals surface area contributed by atoms with E-state index in [0.717, 1.165) is 21.3 Å². The number of terminal acetylenes is 1. The minimum Gasteiger partial charge on any atom is -0.496 e. The molecule has 0 spiro atoms. The highest BCUT2D eigenvalue weighted by Gasteiger charge is 2.03. The predicted octanol–water partition coefficient (Wildman–Crippen LogP) is 3.59. The van der Waals surface area contributed by atoms with Crippen LogP contribution in [-0.2, 0) is 6.54 Å². The molecule has 0 unspecified atom stereocenters. The van der Waals surface area contributed by atoms with Crippen LogP contribution in [0, 0.1) is 12.3 Å². The Balaban J connectivity index is 2.03. The zero-order valence-corrected chi connectivity index (χ0v) is 14.3. The highest BCUT2D eigenvalue weighted by molar-refractivity contribution is 9.10. The van der Waals surface area contributed by atoms with Crippen molar-refractivity contribution in [1.82, 2.24) is 5.43 Å². The van der Waals surface area contributed by atoms with E-state index in [9.17, 15) is 0 Å². The number of hydrogen-bond donors (Lipinski definition) is 1. The van der Waals surface area contributed by atoms with Gasteiger partial charge in [-0.25, -0.2) is 0 Å². The molecule has 0 aliphatic carbocycles. The third kappa shape index (κ3) is 5.04. The van der Waals surface area contributed by atoms with Crippen LogP contribution in [0.25, 0.3) is 0 Å². The van der Waals surface area contributed by atoms with Crippen LogP contribution in [0.15, 0.2) is 52.0 Å². The van der Waals surface area contributed by atoms with Crippen LogP contribution < -0.4 is 14.9 Å². The van der Waals surface area contributed by atoms with Gasteiger partial charge < -0.3 is 14.9 Å². The molecule has 0 radical (unpaired) electrons. The molecule has 0 fully saturated rings. The van der Waals surface area contributed by atoms with Crippen LogP contribution in [0.5, 0.6) is 11.5 Å². The number of halogens is 1. The second-order valence-corrected chi connectivity index (χ2v) is 5.50. The smallest absolute Gasteiger partial charge is 0.148 e. The Morgan fingerprint density at radius 2 is 2.09 bits per heavy atom. The van der Waals surface area contributed by atoms with Crippen LogP contribution in [0.4, 0.5) is 0 Å². The number of methoxy groups -OCH3 is 1. The monoisotopic (exact) mass is 372 g/mol. The molecular weight excluding hydrogens is 356 g/mol. The molecule has 118 valence electrons. The summed E-state index contributed by atoms with van der Waals surface area (Å²) in [7, 11) is 1.65. The van der Waals surface area contributed by atoms with Gasteiger partial charge in [-0.3, -0.25) is 0 Å². The van der Waals surface area contributed by atoms with Gasteiger partial charge in [0.1, 0.15) is 18.1 Å². The molecule has 23 heavy (non-hydrogen) atoms. The molecule has 2 aromatic carbocycles. The summed E-state index contributed by atoms with van der Waals surface area (Å²) >= 11 is 3.43. The summed E-state index contributed by atoms with van der Waals surface area (Å²) in [5, 5.41) is 4.24. The number of rotatable bonds is 7. The lowest BCUT2D eigenvalue weighted by Crippen LogP contribution is -2.07. The zero-order chi connectivity index (χ0) is 16.5. The number of nitrogens with zero attached hydrogens (tertiary/aromatic N) is 1. The lowest BCUT2D eigenvalue weighted by molar-refractivity contribution is 0.370. The fourth-order valence-electron chi connectivity index (χ4n) is 1.97. The van der Waals surface area contributed by atoms with Gasteiger partial charge in [0.25, 0.3) is 0 Å². The minimum absolute atomic E-state index is 0.219. The Hall–Kier alpha value is -2.45. The second-order valence-electron chi connectivity index (χ2n) is 4.58. The molecule has 0 aliphatic rings. The SMILES string of the molecule is C#CCOc1ccc(Br)cc1/C=N/NCc1ccccc1OC. The Morgan fingerprint density at radius 1 is 1.26 bits per heavy atom. The summed E-state index contributed by atoms with van der Waals surface area (Å²) in [5.41, 5.74) is 4.87. The maximum absolute atomic E-state index is 5.50. The first-order valence-corrected chi connectivity index (χ1v) is 7.77. The van der Waals surface area contributed by atoms with Gasteiger partial charge >= 0.3 is 0 Å². The Morgan fingerprint density at radius 3 is 2.87 bits per heavy atom. The largest absolute Gasteiger partial charge is 0.496 e. The van der Waals surface area contributed by atoms with Crippen LogP contribution in [0.2, 0.25) is 0 Å². The molecule has 5 heteroatoms. The molecule has 0 saturated carbocycles. The number of nitrogens with one attached hydrogen (secondary N) is 1. The van der Waals surface area contributed by atoms with E-state index >= 15 is 0 Å². The summed E-state index contributed by atoms with van der Waals surface area (Å²) in [6, 6.07) is 13.5. The topological polar surface area (TPSA) is 42.8 Å². The molecule has 0 bridgehead atoms. The first kappa shape index (κ1) is 16.9. The van der Waals surface area contributed by atoms with Crippen molar-refractivity contribution in [1.29, 1.82) is 0 Å². The molecule has 0 aliphatic heterocycles. The van der Waals surface area contributed by atoms with Crippen LogP contribution in [0.1, 0.15) is 11.1 Å². The van der Waals surface area contributed by atoms with Crippen molar-refractivity contribution in [2.45, 2.75) is 6.54 Å². The number of benzene rings is 2. The molecule has 2 rings (SSSR count). The maximum Gasteiger partial charge on any atom is 0.148 e. The van der Waals surface area contributed by atoms with Crippen molar-refractivity contribution in [2.24, 2.45) is 5.10 Å². The molecule has 0 amide bonds. The third-order valence-electron chi connectivity index (χ3n) is 3.04. The van der Waals surface area contributed by atoms with Gasteiger partial charge in [0.05, 0.1) is 19.9 Å². The van der Waals surface area contributed by atoms with Crippen LogP contribution in [-0.4, -0.2) is 19.9 Å². The average molecular weight is 373 g/mol. The molecule has 1 N–H and O–H groups in total. The lowest BCUT2D eigenvalue weighted by atomic mass is 10.2. The van der Waals surface area contributed by atoms with E-state index in [4.69, 9.17) is 15.9 Å². The average Bonchev–Trinajstić information content (AvgIpc) is 2.58. The number of hydrogen-bond acceptors (Lipinski definition) is 4. The Kier molecular flexibility index (Phi) is 6.52. The van der Waals surface area contributed by atoms with E-state index in [1.165, 1.54) is 0 Å². The molecule has 0 aromatic heterocycles. The standard InChI is InChI=1S/C18H17BrN2O2/c1-3-10-23-18-9-8-16(19)11-15(18)13-21-20-12-14-6-4-5-7-17(14)22-2/h1,4-9,11,13,20H,10,12H2,2H3/b21-13+. The predicted molar refractivity (Wildman–Crippen MR) is 95.9 cm³/mol. The van der Waals surface area contributed by atoms with E-state index in [-0.39, 0.29) is 6.61 Å². The number of para-hydroxylation sites is 1. The molecular formula is C18H17BrN2O2. The van der Waals surface area contributed by atoms with Crippen molar-refractivity contribution < 1.29 is 9.47 Å². The quantitative estimate of drug-likeness (QED) is 0.458. The highest BCUT2D eigenvalue weighted by atomic mass is 79.9. The third-order valence-corrected chi connectivity index (χ3v) is 3.53. The van der Waals surface area contributed by atoms with Gasteiger partial charge in [-0.15, -0.1) is 6.42 Å². The molecule has 0 heterocycles. The van der Waals surface area contributed by atoms with Gasteiger partial charge in [-0.2, -0.15) is 5.10 Å². The van der Waals surface area contributed by atoms with Gasteiger partial charge in [0, 0.05) is 15.6 Å². The van der Waals surface area contributed by atoms with Gasteiger partial charge in [0.15, 0.2) is 0 Å². The summed E-state index contributed by atoms with van der Waals surface area (Å²) in [6.45, 7) is 0.784. The maximum atomic E-state index is 5.50. The van der Waals surface area contributed by atoms with E-state index in [1.807, 2.05) is 42.5 Å². The van der Waals surface area contributed by atoms with Crippen LogP contribution in [0.3, 0.4) is 0 Å². The number of hydrazone groups is 1. The van der Waals surface area contributed by atoms with Gasteiger partial charge in [-0.05, 0) is 24.3 Å². The summed E-state index contributed by atoms with van der Waals surface area (Å²) < 4.78 is 11.7. The second kappa shape index (κ2) is 8.86. The normalized spacial score (nSPS) is 10.3. The van der Waals surface area contributed by atoms with Gasteiger partial charge in [-0.1, -0.05) is 40.0 Å². The van der Waals surface area contributed by atoms with E-state index in [2.05, 4.69) is 32.4 Å². The first-order valence-electron chi connectivity index (χ1n) is 6.98. The fourth-order valence-corrected chi connectivity index (χ4v) is 2.34. The fraction of sp³-hybridized carbons (Fsp3) is 0.167. The van der Waals surface area contributed by atoms with E-state index in [1.54, 1.807) is 13.3 Å². The molecule has 0 atom stereocenters. The van der Waals surface area contributed by atoms with E-state index < -0.39 is 0 Å². The first-order chi connectivity index (χ1) is 11.2. The minimum atomic E-state index is 0.219. The van der Waals surface area contributed by atoms with Crippen LogP contribution >= 0.6 is 15.9 Å². The zero-order valence-electron chi connectivity index (χ0n) is 12.8. The molecule has 2 aromatic rings. The molecule has 4 nitrogen and oxygen atoms in total. The van der Waals surface area contributed by atoms with Gasteiger partial charge in [0.2, 0.25) is 0 Å². The summed E-state index contributed by atoms with van der Waals surface area (Å²) in [4.78, 5) is 0. The highest BCUT2D eigenvalue weighted by Crippen LogP contribution is 2.22. The summed E-state index contributed by atoms with van der Waals surface area (Å²) in [6.07, 6.45) is 6.93. The summed E-state index contributed by atoms with van der Waals surface area (Å²) in [5.74, 6) is 3.97. The van der Waals surface area contributed by atoms with Crippen molar-refractivity contribution in [2.75, 3.05) is 13.7 Å². The van der Waals surface area contributed by atoms with Crippen molar-refractivity contribution in [3.8, 4) is 23.8 Å². The van der Waals surface area contributed by atoms with E-state index in [0.29, 0.717) is 12.3 Å². The lowest BCUT2D eigenvalue weighted by Gasteiger charge is -2.08. The number of ether oxygens (including phenoxy) is 2. The molecule has 0 saturated heterocycles. The van der Waals surface area contributed by atoms with Crippen molar-refractivity contribution >= 4 is 22.1 Å². The van der Waals surface area contributed by atoms with Crippen molar-refractivity contribution in [3.05, 3.63) is 58.1 Å². The van der Waals surface area contributed by atoms with Crippen molar-refractivity contribution in [3.63, 3.8) is 0 Å². The Bertz CT molecular complexity index is 723.